The van der Waals surface area contributed by atoms with E-state index in [1.165, 1.54) is 0 Å². The van der Waals surface area contributed by atoms with Crippen LogP contribution in [0.5, 0.6) is 0 Å². The minimum Gasteiger partial charge on any atom is -0.475 e. The predicted molar refractivity (Wildman–Crippen MR) is 57.4 cm³/mol. The van der Waals surface area contributed by atoms with Gasteiger partial charge >= 0.3 is 0 Å². The van der Waals surface area contributed by atoms with Gasteiger partial charge < -0.3 is 10.5 Å². The molecule has 0 aromatic heterocycles. The van der Waals surface area contributed by atoms with Gasteiger partial charge in [0, 0.05) is 5.69 Å². The Morgan fingerprint density at radius 2 is 2.29 bits per heavy atom. The molecule has 0 bridgehead atoms. The number of benzene rings is 1. The second-order valence-corrected chi connectivity index (χ2v) is 3.39. The van der Waals surface area contributed by atoms with Crippen molar-refractivity contribution >= 4 is 11.6 Å². The first-order valence-electron chi connectivity index (χ1n) is 4.86. The van der Waals surface area contributed by atoms with Crippen molar-refractivity contribution in [3.8, 4) is 0 Å². The molecule has 0 saturated carbocycles. The number of rotatable bonds is 2. The molecule has 0 fully saturated rings. The third-order valence-corrected chi connectivity index (χ3v) is 2.37. The lowest BCUT2D eigenvalue weighted by atomic mass is 10.2. The summed E-state index contributed by atoms with van der Waals surface area (Å²) in [4.78, 5) is 4.45. The van der Waals surface area contributed by atoms with Crippen molar-refractivity contribution < 1.29 is 4.74 Å². The van der Waals surface area contributed by atoms with E-state index in [1.54, 1.807) is 0 Å². The van der Waals surface area contributed by atoms with E-state index in [-0.39, 0.29) is 0 Å². The summed E-state index contributed by atoms with van der Waals surface area (Å²) in [6.45, 7) is 2.79. The number of anilines is 1. The molecule has 0 spiro atoms. The van der Waals surface area contributed by atoms with Crippen LogP contribution in [0.2, 0.25) is 0 Å². The molecule has 1 atom stereocenters. The Balaban J connectivity index is 2.28. The Kier molecular flexibility index (Phi) is 2.39. The molecule has 3 nitrogen and oxygen atoms in total. The van der Waals surface area contributed by atoms with Gasteiger partial charge in [0.25, 0.3) is 0 Å². The Morgan fingerprint density at radius 1 is 1.50 bits per heavy atom. The van der Waals surface area contributed by atoms with Crippen LogP contribution in [-0.2, 0) is 4.74 Å². The minimum atomic E-state index is 0.296. The third-order valence-electron chi connectivity index (χ3n) is 2.37. The van der Waals surface area contributed by atoms with Crippen LogP contribution in [-0.4, -0.2) is 18.5 Å². The van der Waals surface area contributed by atoms with Crippen LogP contribution < -0.4 is 5.73 Å². The number of hydrogen-bond acceptors (Lipinski definition) is 3. The third kappa shape index (κ3) is 1.58. The monoisotopic (exact) mass is 190 g/mol. The van der Waals surface area contributed by atoms with E-state index >= 15 is 0 Å². The molecule has 0 radical (unpaired) electrons. The number of para-hydroxylation sites is 1. The highest BCUT2D eigenvalue weighted by Gasteiger charge is 2.19. The zero-order valence-electron chi connectivity index (χ0n) is 8.23. The van der Waals surface area contributed by atoms with Gasteiger partial charge in [0.05, 0.1) is 11.6 Å². The van der Waals surface area contributed by atoms with Crippen molar-refractivity contribution in [1.29, 1.82) is 0 Å². The highest BCUT2D eigenvalue weighted by molar-refractivity contribution is 5.99. The minimum absolute atomic E-state index is 0.296. The van der Waals surface area contributed by atoms with Crippen molar-refractivity contribution in [3.05, 3.63) is 29.8 Å². The summed E-state index contributed by atoms with van der Waals surface area (Å²) in [5.74, 6) is 0.690. The molecule has 0 saturated heterocycles. The van der Waals surface area contributed by atoms with Crippen molar-refractivity contribution in [2.24, 2.45) is 4.99 Å². The first-order valence-corrected chi connectivity index (χ1v) is 4.86. The van der Waals surface area contributed by atoms with Gasteiger partial charge in [-0.3, -0.25) is 0 Å². The Labute approximate surface area is 83.6 Å². The molecule has 0 amide bonds. The Hall–Kier alpha value is -1.51. The fourth-order valence-corrected chi connectivity index (χ4v) is 1.46. The zero-order valence-corrected chi connectivity index (χ0v) is 8.23. The smallest absolute Gasteiger partial charge is 0.218 e. The van der Waals surface area contributed by atoms with Crippen molar-refractivity contribution in [3.63, 3.8) is 0 Å². The number of ether oxygens (including phenoxy) is 1. The number of nitrogens with zero attached hydrogens (tertiary/aromatic N) is 1. The summed E-state index contributed by atoms with van der Waals surface area (Å²) in [6.07, 6.45) is 1.01. The quantitative estimate of drug-likeness (QED) is 0.723. The van der Waals surface area contributed by atoms with Crippen LogP contribution in [0.1, 0.15) is 18.9 Å². The summed E-state index contributed by atoms with van der Waals surface area (Å²) in [5, 5.41) is 0. The molecular formula is C11H14N2O. The Bertz CT molecular complexity index is 360. The van der Waals surface area contributed by atoms with Gasteiger partial charge in [0.1, 0.15) is 6.61 Å². The second-order valence-electron chi connectivity index (χ2n) is 3.39. The molecule has 1 aromatic carbocycles. The molecule has 0 aliphatic carbocycles. The van der Waals surface area contributed by atoms with Crippen LogP contribution in [0.15, 0.2) is 29.3 Å². The summed E-state index contributed by atoms with van der Waals surface area (Å²) in [5.41, 5.74) is 7.46. The lowest BCUT2D eigenvalue weighted by Gasteiger charge is -2.03. The highest BCUT2D eigenvalue weighted by atomic mass is 16.5. The van der Waals surface area contributed by atoms with E-state index < -0.39 is 0 Å². The topological polar surface area (TPSA) is 47.6 Å². The average Bonchev–Trinajstić information content (AvgIpc) is 2.67. The molecule has 14 heavy (non-hydrogen) atoms. The maximum Gasteiger partial charge on any atom is 0.218 e. The predicted octanol–water partition coefficient (Wildman–Crippen LogP) is 1.82. The van der Waals surface area contributed by atoms with E-state index in [1.807, 2.05) is 24.3 Å². The van der Waals surface area contributed by atoms with E-state index in [2.05, 4.69) is 11.9 Å². The lowest BCUT2D eigenvalue weighted by molar-refractivity contribution is 0.315. The van der Waals surface area contributed by atoms with Crippen LogP contribution in [0.4, 0.5) is 5.69 Å². The van der Waals surface area contributed by atoms with Crippen LogP contribution in [0.3, 0.4) is 0 Å². The maximum atomic E-state index is 5.83. The summed E-state index contributed by atoms with van der Waals surface area (Å²) >= 11 is 0. The van der Waals surface area contributed by atoms with Gasteiger partial charge in [-0.05, 0) is 18.6 Å². The molecule has 74 valence electrons. The van der Waals surface area contributed by atoms with Crippen LogP contribution in [0.25, 0.3) is 0 Å². The number of aliphatic imine (C=N–C) groups is 1. The molecule has 1 aromatic rings. The molecule has 1 unspecified atom stereocenters. The second kappa shape index (κ2) is 3.70. The summed E-state index contributed by atoms with van der Waals surface area (Å²) in [6, 6.07) is 7.94. The highest BCUT2D eigenvalue weighted by Crippen LogP contribution is 2.18. The van der Waals surface area contributed by atoms with Gasteiger partial charge in [-0.25, -0.2) is 4.99 Å². The van der Waals surface area contributed by atoms with Gasteiger partial charge in [0.15, 0.2) is 0 Å². The lowest BCUT2D eigenvalue weighted by Crippen LogP contribution is -2.05. The SMILES string of the molecule is CCC1COC(c2ccccc2N)=N1. The van der Waals surface area contributed by atoms with Crippen molar-refractivity contribution in [2.75, 3.05) is 12.3 Å². The van der Waals surface area contributed by atoms with Gasteiger partial charge in [-0.2, -0.15) is 0 Å². The fraction of sp³-hybridized carbons (Fsp3) is 0.364. The molecular weight excluding hydrogens is 176 g/mol. The molecule has 1 aliphatic heterocycles. The first kappa shape index (κ1) is 9.06. The van der Waals surface area contributed by atoms with Gasteiger partial charge in [-0.1, -0.05) is 19.1 Å². The van der Waals surface area contributed by atoms with Crippen LogP contribution >= 0.6 is 0 Å². The van der Waals surface area contributed by atoms with Gasteiger partial charge in [0.2, 0.25) is 5.90 Å². The average molecular weight is 190 g/mol. The maximum absolute atomic E-state index is 5.83. The Morgan fingerprint density at radius 3 is 2.93 bits per heavy atom. The van der Waals surface area contributed by atoms with E-state index in [0.717, 1.165) is 17.7 Å². The number of nitrogen functional groups attached to an aromatic ring is 1. The fourth-order valence-electron chi connectivity index (χ4n) is 1.46. The molecule has 2 rings (SSSR count). The van der Waals surface area contributed by atoms with E-state index in [4.69, 9.17) is 10.5 Å². The molecule has 2 N–H and O–H groups in total. The van der Waals surface area contributed by atoms with Crippen molar-refractivity contribution in [2.45, 2.75) is 19.4 Å². The van der Waals surface area contributed by atoms with Crippen molar-refractivity contribution in [1.82, 2.24) is 0 Å². The summed E-state index contributed by atoms with van der Waals surface area (Å²) < 4.78 is 5.49. The van der Waals surface area contributed by atoms with E-state index in [0.29, 0.717) is 18.5 Å². The van der Waals surface area contributed by atoms with E-state index in [9.17, 15) is 0 Å². The largest absolute Gasteiger partial charge is 0.475 e. The summed E-state index contributed by atoms with van der Waals surface area (Å²) in [7, 11) is 0. The van der Waals surface area contributed by atoms with Gasteiger partial charge in [-0.15, -0.1) is 0 Å². The zero-order chi connectivity index (χ0) is 9.97. The number of hydrogen-bond donors (Lipinski definition) is 1. The normalized spacial score (nSPS) is 20.4. The molecule has 1 heterocycles. The first-order chi connectivity index (χ1) is 6.81. The molecule has 3 heteroatoms. The molecule has 1 aliphatic rings. The van der Waals surface area contributed by atoms with Crippen LogP contribution in [0, 0.1) is 0 Å². The number of nitrogens with two attached hydrogens (primary N) is 1. The standard InChI is InChI=1S/C11H14N2O/c1-2-8-7-14-11(13-8)9-5-3-4-6-10(9)12/h3-6,8H,2,7,12H2,1H3.